The number of benzene rings is 2. The second kappa shape index (κ2) is 13.7. The van der Waals surface area contributed by atoms with E-state index in [1.807, 2.05) is 71.3 Å². The highest BCUT2D eigenvalue weighted by molar-refractivity contribution is 5.89. The Labute approximate surface area is 297 Å². The molecule has 2 aromatic carbocycles. The minimum atomic E-state index is -2.58. The zero-order valence-electron chi connectivity index (χ0n) is 29.9. The van der Waals surface area contributed by atoms with E-state index < -0.39 is 5.92 Å². The van der Waals surface area contributed by atoms with E-state index in [9.17, 15) is 13.6 Å². The lowest BCUT2D eigenvalue weighted by molar-refractivity contribution is -0.0566. The molecule has 4 heterocycles. The Morgan fingerprint density at radius 2 is 1.75 bits per heavy atom. The maximum atomic E-state index is 13.7. The van der Waals surface area contributed by atoms with E-state index in [2.05, 4.69) is 66.4 Å². The van der Waals surface area contributed by atoms with Gasteiger partial charge in [0, 0.05) is 49.9 Å². The van der Waals surface area contributed by atoms with Gasteiger partial charge in [0.05, 0.1) is 23.6 Å². The molecular formula is C39H46F2N8O2. The maximum absolute atomic E-state index is 13.7. The van der Waals surface area contributed by atoms with E-state index in [4.69, 9.17) is 9.84 Å². The Morgan fingerprint density at radius 3 is 2.49 bits per heavy atom. The van der Waals surface area contributed by atoms with Crippen molar-refractivity contribution >= 4 is 17.5 Å². The van der Waals surface area contributed by atoms with Gasteiger partial charge < -0.3 is 10.1 Å². The fourth-order valence-electron chi connectivity index (χ4n) is 6.97. The molecule has 1 fully saturated rings. The van der Waals surface area contributed by atoms with Crippen LogP contribution in [0.25, 0.3) is 11.3 Å². The molecule has 2 amide bonds. The van der Waals surface area contributed by atoms with E-state index in [1.54, 1.807) is 4.68 Å². The molecule has 12 heteroatoms. The maximum Gasteiger partial charge on any atom is 0.320 e. The van der Waals surface area contributed by atoms with E-state index in [0.717, 1.165) is 45.3 Å². The number of carbonyl (C=O) groups excluding carboxylic acids is 1. The number of alkyl halides is 2. The van der Waals surface area contributed by atoms with Gasteiger partial charge in [0.25, 0.3) is 5.92 Å². The third-order valence-electron chi connectivity index (χ3n) is 9.81. The number of rotatable bonds is 8. The lowest BCUT2D eigenvalue weighted by atomic mass is 9.85. The molecule has 0 saturated carbocycles. The number of urea groups is 1. The van der Waals surface area contributed by atoms with Crippen LogP contribution in [0.5, 0.6) is 5.75 Å². The summed E-state index contributed by atoms with van der Waals surface area (Å²) < 4.78 is 37.8. The first-order chi connectivity index (χ1) is 24.3. The Hall–Kier alpha value is -4.84. The van der Waals surface area contributed by atoms with Crippen molar-refractivity contribution in [1.29, 1.82) is 0 Å². The topological polar surface area (TPSA) is 102 Å². The number of hydrogen-bond donors (Lipinski definition) is 2. The van der Waals surface area contributed by atoms with Crippen LogP contribution in [0, 0.1) is 0 Å². The lowest BCUT2D eigenvalue weighted by Gasteiger charge is -2.32. The van der Waals surface area contributed by atoms with Crippen molar-refractivity contribution in [3.63, 3.8) is 0 Å². The van der Waals surface area contributed by atoms with E-state index in [0.29, 0.717) is 38.3 Å². The van der Waals surface area contributed by atoms with E-state index in [-0.39, 0.29) is 42.4 Å². The number of nitrogens with zero attached hydrogens (tertiary/aromatic N) is 6. The molecule has 0 bridgehead atoms. The molecule has 3 aromatic heterocycles. The van der Waals surface area contributed by atoms with Crippen molar-refractivity contribution in [1.82, 2.24) is 34.6 Å². The summed E-state index contributed by atoms with van der Waals surface area (Å²) in [4.78, 5) is 15.8. The van der Waals surface area contributed by atoms with Gasteiger partial charge in [0.2, 0.25) is 0 Å². The average Bonchev–Trinajstić information content (AvgIpc) is 3.72. The van der Waals surface area contributed by atoms with Crippen LogP contribution in [-0.2, 0) is 12.0 Å². The largest absolute Gasteiger partial charge is 0.484 e. The van der Waals surface area contributed by atoms with Gasteiger partial charge in [0.1, 0.15) is 23.5 Å². The summed E-state index contributed by atoms with van der Waals surface area (Å²) in [7, 11) is 0. The van der Waals surface area contributed by atoms with Gasteiger partial charge >= 0.3 is 6.03 Å². The van der Waals surface area contributed by atoms with Crippen LogP contribution in [0.4, 0.5) is 19.4 Å². The van der Waals surface area contributed by atoms with Gasteiger partial charge in [-0.3, -0.25) is 14.6 Å². The van der Waals surface area contributed by atoms with Crippen LogP contribution >= 0.6 is 0 Å². The highest BCUT2D eigenvalue weighted by Gasteiger charge is 2.34. The Bertz CT molecular complexity index is 2020. The minimum Gasteiger partial charge on any atom is -0.484 e. The predicted octanol–water partition coefficient (Wildman–Crippen LogP) is 8.34. The molecule has 0 radical (unpaired) electrons. The van der Waals surface area contributed by atoms with Crippen molar-refractivity contribution in [2.24, 2.45) is 0 Å². The number of carbonyl (C=O) groups is 1. The molecular weight excluding hydrogens is 650 g/mol. The molecule has 2 aliphatic rings. The lowest BCUT2D eigenvalue weighted by Crippen LogP contribution is -2.38. The molecule has 1 aliphatic carbocycles. The Balaban J connectivity index is 1.07. The third kappa shape index (κ3) is 7.61. The third-order valence-corrected chi connectivity index (χ3v) is 9.81. The number of likely N-dealkylation sites (tertiary alicyclic amines) is 1. The van der Waals surface area contributed by atoms with Crippen LogP contribution in [0.15, 0.2) is 72.9 Å². The van der Waals surface area contributed by atoms with Gasteiger partial charge in [-0.1, -0.05) is 71.0 Å². The highest BCUT2D eigenvalue weighted by Crippen LogP contribution is 2.39. The molecule has 10 nitrogen and oxygen atoms in total. The monoisotopic (exact) mass is 696 g/mol. The normalized spacial score (nSPS) is 19.2. The molecule has 5 aromatic rings. The number of pyridine rings is 1. The molecule has 7 rings (SSSR count). The quantitative estimate of drug-likeness (QED) is 0.169. The number of hydrogen-bond acceptors (Lipinski definition) is 6. The van der Waals surface area contributed by atoms with Gasteiger partial charge in [-0.15, -0.1) is 10.2 Å². The summed E-state index contributed by atoms with van der Waals surface area (Å²) in [5.74, 6) is -0.206. The second-order valence-electron chi connectivity index (χ2n) is 15.1. The minimum absolute atomic E-state index is 0.122. The summed E-state index contributed by atoms with van der Waals surface area (Å²) in [5.41, 5.74) is 5.19. The van der Waals surface area contributed by atoms with Gasteiger partial charge in [-0.25, -0.2) is 18.3 Å². The Morgan fingerprint density at radius 1 is 0.980 bits per heavy atom. The predicted molar refractivity (Wildman–Crippen MR) is 193 cm³/mol. The first-order valence-corrected chi connectivity index (χ1v) is 17.8. The van der Waals surface area contributed by atoms with Crippen molar-refractivity contribution in [2.75, 3.05) is 18.4 Å². The summed E-state index contributed by atoms with van der Waals surface area (Å²) in [6.45, 7) is 11.7. The standard InChI is InChI=1S/C39H46F2N8O2/c1-25(2)36-45-44-34-16-13-28(24-48(34)36)51-32-15-14-31(29-11-6-7-12-30(29)32)42-37(50)43-35-22-33(38(3,4)5)46-49(35)27-10-8-9-26(21-27)23-47-19-17-39(40,41)18-20-47/h6-13,16,21-22,24-25,31-32H,14-15,17-20,23H2,1-5H3,(H2,42,43,50)/t31-,32+/m0/s1. The molecule has 268 valence electrons. The molecule has 2 atom stereocenters. The number of amides is 2. The fraction of sp³-hybridized carbons (Fsp3) is 0.436. The number of aromatic nitrogens is 5. The van der Waals surface area contributed by atoms with E-state index in [1.165, 1.54) is 0 Å². The first-order valence-electron chi connectivity index (χ1n) is 17.8. The highest BCUT2D eigenvalue weighted by atomic mass is 19.3. The van der Waals surface area contributed by atoms with Crippen molar-refractivity contribution in [2.45, 2.75) is 96.2 Å². The molecule has 0 spiro atoms. The second-order valence-corrected chi connectivity index (χ2v) is 15.1. The van der Waals surface area contributed by atoms with Crippen molar-refractivity contribution in [3.05, 3.63) is 101 Å². The number of halogens is 2. The first kappa shape index (κ1) is 34.6. The molecule has 1 saturated heterocycles. The van der Waals surface area contributed by atoms with Crippen LogP contribution in [0.1, 0.15) is 107 Å². The van der Waals surface area contributed by atoms with Gasteiger partial charge in [-0.05, 0) is 53.8 Å². The number of nitrogens with one attached hydrogen (secondary N) is 2. The average molecular weight is 697 g/mol. The summed E-state index contributed by atoms with van der Waals surface area (Å²) in [5, 5.41) is 19.8. The summed E-state index contributed by atoms with van der Waals surface area (Å²) in [6.07, 6.45) is 2.93. The number of anilines is 1. The van der Waals surface area contributed by atoms with Gasteiger partial charge in [0.15, 0.2) is 5.65 Å². The van der Waals surface area contributed by atoms with Crippen molar-refractivity contribution < 1.29 is 18.3 Å². The van der Waals surface area contributed by atoms with E-state index >= 15 is 0 Å². The molecule has 1 aliphatic heterocycles. The number of fused-ring (bicyclic) bond motifs is 2. The summed E-state index contributed by atoms with van der Waals surface area (Å²) >= 11 is 0. The fourth-order valence-corrected chi connectivity index (χ4v) is 6.97. The van der Waals surface area contributed by atoms with Crippen LogP contribution < -0.4 is 15.4 Å². The SMILES string of the molecule is CC(C)c1nnc2ccc(O[C@@H]3CC[C@H](NC(=O)Nc4cc(C(C)(C)C)nn4-c4cccc(CN5CCC(F)(F)CC5)c4)c4ccccc43)cn12. The zero-order chi connectivity index (χ0) is 35.9. The molecule has 2 N–H and O–H groups in total. The Kier molecular flexibility index (Phi) is 9.30. The smallest absolute Gasteiger partial charge is 0.320 e. The van der Waals surface area contributed by atoms with Crippen LogP contribution in [0.3, 0.4) is 0 Å². The van der Waals surface area contributed by atoms with Crippen LogP contribution in [-0.4, -0.2) is 54.3 Å². The molecule has 0 unspecified atom stereocenters. The zero-order valence-corrected chi connectivity index (χ0v) is 29.9. The number of piperidine rings is 1. The van der Waals surface area contributed by atoms with Crippen molar-refractivity contribution in [3.8, 4) is 11.4 Å². The van der Waals surface area contributed by atoms with Crippen LogP contribution in [0.2, 0.25) is 0 Å². The summed E-state index contributed by atoms with van der Waals surface area (Å²) in [6, 6.07) is 21.2. The van der Waals surface area contributed by atoms with Gasteiger partial charge in [-0.2, -0.15) is 5.10 Å². The molecule has 51 heavy (non-hydrogen) atoms. The number of ether oxygens (including phenoxy) is 1.